The quantitative estimate of drug-likeness (QED) is 0.664. The van der Waals surface area contributed by atoms with Gasteiger partial charge in [0.25, 0.3) is 0 Å². The van der Waals surface area contributed by atoms with Crippen molar-refractivity contribution < 1.29 is 14.6 Å². The molecule has 0 aromatic carbocycles. The summed E-state index contributed by atoms with van der Waals surface area (Å²) < 4.78 is 4.86. The van der Waals surface area contributed by atoms with Crippen molar-refractivity contribution in [2.24, 2.45) is 5.41 Å². The first-order chi connectivity index (χ1) is 4.11. The number of carboxylic acids is 1. The monoisotopic (exact) mass is 166 g/mol. The van der Waals surface area contributed by atoms with Crippen molar-refractivity contribution in [1.82, 2.24) is 0 Å². The van der Waals surface area contributed by atoms with E-state index in [-0.39, 0.29) is 18.5 Å². The molecule has 3 nitrogen and oxygen atoms in total. The summed E-state index contributed by atoms with van der Waals surface area (Å²) in [5.74, 6) is -0.755. The molecule has 0 aliphatic heterocycles. The lowest BCUT2D eigenvalue weighted by Gasteiger charge is -2.00. The summed E-state index contributed by atoms with van der Waals surface area (Å²) in [7, 11) is 1.54. The first kappa shape index (κ1) is 9.72. The van der Waals surface area contributed by atoms with Crippen LogP contribution in [0.25, 0.3) is 0 Å². The average Bonchev–Trinajstić information content (AvgIpc) is 2.44. The summed E-state index contributed by atoms with van der Waals surface area (Å²) in [6.07, 6.45) is 0.591. The number of aliphatic carboxylic acids is 1. The summed E-state index contributed by atoms with van der Waals surface area (Å²) >= 11 is 0. The van der Waals surface area contributed by atoms with Gasteiger partial charge in [0.1, 0.15) is 0 Å². The van der Waals surface area contributed by atoms with E-state index >= 15 is 0 Å². The number of halogens is 1. The Balaban J connectivity index is 0.000000810. The zero-order valence-corrected chi connectivity index (χ0v) is 6.77. The summed E-state index contributed by atoms with van der Waals surface area (Å²) in [6, 6.07) is 0. The van der Waals surface area contributed by atoms with E-state index in [1.54, 1.807) is 14.0 Å². The third-order valence-corrected chi connectivity index (χ3v) is 1.93. The van der Waals surface area contributed by atoms with Gasteiger partial charge >= 0.3 is 5.97 Å². The fourth-order valence-electron chi connectivity index (χ4n) is 0.895. The van der Waals surface area contributed by atoms with Crippen LogP contribution in [-0.4, -0.2) is 24.3 Å². The van der Waals surface area contributed by atoms with Gasteiger partial charge in [0.05, 0.1) is 11.5 Å². The molecule has 1 rings (SSSR count). The van der Waals surface area contributed by atoms with Crippen LogP contribution in [0, 0.1) is 5.41 Å². The van der Waals surface area contributed by atoms with E-state index < -0.39 is 11.4 Å². The predicted molar refractivity (Wildman–Crippen MR) is 38.4 cm³/mol. The number of hydrogen-bond acceptors (Lipinski definition) is 2. The molecule has 0 spiro atoms. The van der Waals surface area contributed by atoms with Gasteiger partial charge in [-0.25, -0.2) is 0 Å². The van der Waals surface area contributed by atoms with Gasteiger partial charge in [0, 0.05) is 7.11 Å². The minimum absolute atomic E-state index is 0. The molecule has 4 heteroatoms. The smallest absolute Gasteiger partial charge is 0.312 e. The summed E-state index contributed by atoms with van der Waals surface area (Å²) in [4.78, 5) is 10.4. The number of carbonyl (C=O) groups is 1. The van der Waals surface area contributed by atoms with Crippen LogP contribution >= 0.6 is 12.4 Å². The predicted octanol–water partition coefficient (Wildman–Crippen LogP) is 0.918. The molecule has 0 bridgehead atoms. The Hall–Kier alpha value is -0.280. The van der Waals surface area contributed by atoms with E-state index in [1.165, 1.54) is 0 Å². The van der Waals surface area contributed by atoms with Crippen molar-refractivity contribution in [3.8, 4) is 0 Å². The minimum Gasteiger partial charge on any atom is -0.481 e. The Morgan fingerprint density at radius 3 is 2.40 bits per heavy atom. The number of carboxylic acid groups (broad SMARTS) is 1. The molecule has 1 aliphatic rings. The van der Waals surface area contributed by atoms with Gasteiger partial charge in [-0.15, -0.1) is 12.4 Å². The molecule has 0 saturated heterocycles. The molecule has 1 fully saturated rings. The second-order valence-corrected chi connectivity index (χ2v) is 2.65. The van der Waals surface area contributed by atoms with E-state index in [4.69, 9.17) is 9.84 Å². The summed E-state index contributed by atoms with van der Waals surface area (Å²) in [5, 5.41) is 8.53. The van der Waals surface area contributed by atoms with E-state index in [1.807, 2.05) is 0 Å². The highest BCUT2D eigenvalue weighted by Gasteiger charge is 2.57. The van der Waals surface area contributed by atoms with Crippen molar-refractivity contribution in [3.05, 3.63) is 0 Å². The first-order valence-electron chi connectivity index (χ1n) is 2.87. The van der Waals surface area contributed by atoms with Crippen molar-refractivity contribution in [2.45, 2.75) is 19.4 Å². The Bertz CT molecular complexity index is 148. The van der Waals surface area contributed by atoms with Crippen molar-refractivity contribution in [2.75, 3.05) is 7.11 Å². The maximum absolute atomic E-state index is 10.4. The Kier molecular flexibility index (Phi) is 2.68. The lowest BCUT2D eigenvalue weighted by molar-refractivity contribution is -0.144. The van der Waals surface area contributed by atoms with Crippen LogP contribution in [0.15, 0.2) is 0 Å². The molecular formula is C6H11ClO3. The molecule has 10 heavy (non-hydrogen) atoms. The Morgan fingerprint density at radius 1 is 1.80 bits per heavy atom. The van der Waals surface area contributed by atoms with Gasteiger partial charge in [-0.2, -0.15) is 0 Å². The van der Waals surface area contributed by atoms with E-state index in [2.05, 4.69) is 0 Å². The normalized spacial score (nSPS) is 36.4. The molecule has 0 amide bonds. The van der Waals surface area contributed by atoms with Crippen LogP contribution < -0.4 is 0 Å². The van der Waals surface area contributed by atoms with Crippen LogP contribution in [0.1, 0.15) is 13.3 Å². The van der Waals surface area contributed by atoms with Crippen LogP contribution in [0.2, 0.25) is 0 Å². The highest BCUT2D eigenvalue weighted by atomic mass is 35.5. The molecule has 2 atom stereocenters. The fourth-order valence-corrected chi connectivity index (χ4v) is 0.895. The number of methoxy groups -OCH3 is 1. The molecule has 2 unspecified atom stereocenters. The van der Waals surface area contributed by atoms with Crippen LogP contribution in [-0.2, 0) is 9.53 Å². The third kappa shape index (κ3) is 1.25. The second kappa shape index (κ2) is 2.76. The molecule has 1 aliphatic carbocycles. The SMILES string of the molecule is COC1CC1(C)C(=O)O.Cl. The standard InChI is InChI=1S/C6H10O3.ClH/c1-6(5(7)8)3-4(6)9-2;/h4H,3H2,1-2H3,(H,7,8);1H. The van der Waals surface area contributed by atoms with Gasteiger partial charge in [-0.3, -0.25) is 4.79 Å². The summed E-state index contributed by atoms with van der Waals surface area (Å²) in [6.45, 7) is 1.70. The highest BCUT2D eigenvalue weighted by molar-refractivity contribution is 5.85. The van der Waals surface area contributed by atoms with Gasteiger partial charge in [-0.05, 0) is 13.3 Å². The molecular weight excluding hydrogens is 156 g/mol. The molecule has 60 valence electrons. The van der Waals surface area contributed by atoms with Gasteiger partial charge in [0.2, 0.25) is 0 Å². The Labute approximate surface area is 65.8 Å². The highest BCUT2D eigenvalue weighted by Crippen LogP contribution is 2.47. The van der Waals surface area contributed by atoms with Gasteiger partial charge in [-0.1, -0.05) is 0 Å². The van der Waals surface area contributed by atoms with Crippen molar-refractivity contribution in [3.63, 3.8) is 0 Å². The van der Waals surface area contributed by atoms with E-state index in [0.29, 0.717) is 6.42 Å². The van der Waals surface area contributed by atoms with Crippen molar-refractivity contribution >= 4 is 18.4 Å². The largest absolute Gasteiger partial charge is 0.481 e. The van der Waals surface area contributed by atoms with Crippen LogP contribution in [0.4, 0.5) is 0 Å². The average molecular weight is 167 g/mol. The van der Waals surface area contributed by atoms with Crippen LogP contribution in [0.5, 0.6) is 0 Å². The molecule has 0 aromatic rings. The van der Waals surface area contributed by atoms with E-state index in [9.17, 15) is 4.79 Å². The first-order valence-corrected chi connectivity index (χ1v) is 2.87. The minimum atomic E-state index is -0.755. The Morgan fingerprint density at radius 2 is 2.30 bits per heavy atom. The lowest BCUT2D eigenvalue weighted by Crippen LogP contribution is -2.15. The summed E-state index contributed by atoms with van der Waals surface area (Å²) in [5.41, 5.74) is -0.589. The second-order valence-electron chi connectivity index (χ2n) is 2.65. The van der Waals surface area contributed by atoms with Crippen LogP contribution in [0.3, 0.4) is 0 Å². The molecule has 1 saturated carbocycles. The lowest BCUT2D eigenvalue weighted by atomic mass is 10.1. The maximum atomic E-state index is 10.4. The third-order valence-electron chi connectivity index (χ3n) is 1.93. The number of rotatable bonds is 2. The molecule has 0 heterocycles. The zero-order valence-electron chi connectivity index (χ0n) is 5.96. The fraction of sp³-hybridized carbons (Fsp3) is 0.833. The number of ether oxygens (including phenoxy) is 1. The molecule has 1 N–H and O–H groups in total. The maximum Gasteiger partial charge on any atom is 0.312 e. The molecule has 0 aromatic heterocycles. The van der Waals surface area contributed by atoms with E-state index in [0.717, 1.165) is 0 Å². The van der Waals surface area contributed by atoms with Gasteiger partial charge < -0.3 is 9.84 Å². The topological polar surface area (TPSA) is 46.5 Å². The van der Waals surface area contributed by atoms with Crippen molar-refractivity contribution in [1.29, 1.82) is 0 Å². The molecule has 0 radical (unpaired) electrons. The number of hydrogen-bond donors (Lipinski definition) is 1. The zero-order chi connectivity index (χ0) is 7.07. The van der Waals surface area contributed by atoms with Gasteiger partial charge in [0.15, 0.2) is 0 Å².